The molecule has 0 bridgehead atoms. The fourth-order valence-corrected chi connectivity index (χ4v) is 5.53. The van der Waals surface area contributed by atoms with E-state index in [9.17, 15) is 43.9 Å². The van der Waals surface area contributed by atoms with Crippen molar-refractivity contribution >= 4 is 0 Å². The minimum atomic E-state index is -4.92. The van der Waals surface area contributed by atoms with Crippen LogP contribution in [0.15, 0.2) is 66.7 Å². The van der Waals surface area contributed by atoms with Crippen LogP contribution < -0.4 is 9.47 Å². The lowest BCUT2D eigenvalue weighted by Gasteiger charge is -2.29. The highest BCUT2D eigenvalue weighted by Gasteiger charge is 2.42. The fourth-order valence-electron chi connectivity index (χ4n) is 5.53. The van der Waals surface area contributed by atoms with E-state index >= 15 is 0 Å². The lowest BCUT2D eigenvalue weighted by atomic mass is 9.99. The molecule has 4 nitrogen and oxygen atoms in total. The van der Waals surface area contributed by atoms with Crippen LogP contribution in [0, 0.1) is 40.8 Å². The normalized spacial score (nSPS) is 16.7. The van der Waals surface area contributed by atoms with E-state index in [1.807, 2.05) is 0 Å². The Labute approximate surface area is 286 Å². The van der Waals surface area contributed by atoms with E-state index in [-0.39, 0.29) is 29.8 Å². The third kappa shape index (κ3) is 9.53. The van der Waals surface area contributed by atoms with E-state index in [2.05, 4.69) is 16.4 Å². The van der Waals surface area contributed by atoms with Gasteiger partial charge in [0.25, 0.3) is 0 Å². The molecule has 1 saturated heterocycles. The van der Waals surface area contributed by atoms with E-state index in [1.54, 1.807) is 24.3 Å². The molecule has 4 aromatic carbocycles. The molecule has 1 heterocycles. The number of benzene rings is 4. The molecule has 0 unspecified atom stereocenters. The molecule has 0 atom stereocenters. The van der Waals surface area contributed by atoms with Crippen molar-refractivity contribution in [2.45, 2.75) is 64.0 Å². The Hall–Kier alpha value is -4.30. The van der Waals surface area contributed by atoms with Crippen LogP contribution >= 0.6 is 0 Å². The summed E-state index contributed by atoms with van der Waals surface area (Å²) < 4.78 is 163. The predicted octanol–water partition coefficient (Wildman–Crippen LogP) is 11.2. The zero-order valence-corrected chi connectivity index (χ0v) is 27.1. The predicted molar refractivity (Wildman–Crippen MR) is 165 cm³/mol. The number of rotatable bonds is 14. The van der Waals surface area contributed by atoms with Crippen molar-refractivity contribution in [1.29, 1.82) is 0 Å². The van der Waals surface area contributed by atoms with E-state index in [0.29, 0.717) is 30.3 Å². The molecule has 14 heteroatoms. The first-order valence-corrected chi connectivity index (χ1v) is 16.1. The van der Waals surface area contributed by atoms with Gasteiger partial charge in [0, 0.05) is 35.7 Å². The first kappa shape index (κ1) is 37.9. The highest BCUT2D eigenvalue weighted by molar-refractivity contribution is 5.64. The summed E-state index contributed by atoms with van der Waals surface area (Å²) in [7, 11) is 0. The van der Waals surface area contributed by atoms with Crippen molar-refractivity contribution in [3.63, 3.8) is 0 Å². The van der Waals surface area contributed by atoms with Gasteiger partial charge in [-0.15, -0.1) is 0 Å². The summed E-state index contributed by atoms with van der Waals surface area (Å²) in [5.74, 6) is -13.0. The molecule has 0 N–H and O–H groups in total. The first-order chi connectivity index (χ1) is 24.2. The summed E-state index contributed by atoms with van der Waals surface area (Å²) in [4.78, 5) is 0. The SMILES string of the molecule is CCCCCC1COC(c2ccc(-c3ccc(CCC(F)(F)Oc4cc(F)c(C(F)(F)Oc5cc(F)c(F)c(F)c5)c(F)c4)c(F)c3)cc2)OC1. The van der Waals surface area contributed by atoms with E-state index in [0.717, 1.165) is 37.3 Å². The Bertz CT molecular complexity index is 1760. The van der Waals surface area contributed by atoms with E-state index in [4.69, 9.17) is 9.47 Å². The standard InChI is InChI=1S/C37H32F10O4/c1-2-3-4-5-21-19-48-35(49-20-21)24-9-6-22(7-10-24)25-11-8-23(28(38)14-25)12-13-36(44,45)50-26-15-29(39)33(30(40)16-26)37(46,47)51-27-17-31(41)34(43)32(42)18-27/h6-11,14-18,21,35H,2-5,12-13,19-20H2,1H3. The summed E-state index contributed by atoms with van der Waals surface area (Å²) in [5.41, 5.74) is -0.309. The van der Waals surface area contributed by atoms with E-state index < -0.39 is 83.3 Å². The van der Waals surface area contributed by atoms with Crippen LogP contribution in [0.5, 0.6) is 11.5 Å². The smallest absolute Gasteiger partial charge is 0.432 e. The summed E-state index contributed by atoms with van der Waals surface area (Å²) in [5, 5.41) is 0. The molecule has 51 heavy (non-hydrogen) atoms. The third-order valence-corrected chi connectivity index (χ3v) is 8.21. The molecule has 0 amide bonds. The summed E-state index contributed by atoms with van der Waals surface area (Å²) >= 11 is 0. The van der Waals surface area contributed by atoms with Crippen molar-refractivity contribution in [3.05, 3.63) is 118 Å². The Morgan fingerprint density at radius 2 is 1.24 bits per heavy atom. The lowest BCUT2D eigenvalue weighted by molar-refractivity contribution is -0.206. The lowest BCUT2D eigenvalue weighted by Crippen LogP contribution is -2.27. The van der Waals surface area contributed by atoms with Gasteiger partial charge in [-0.3, -0.25) is 0 Å². The number of hydrogen-bond acceptors (Lipinski definition) is 4. The van der Waals surface area contributed by atoms with Crippen LogP contribution in [-0.2, 0) is 22.0 Å². The van der Waals surface area contributed by atoms with Crippen LogP contribution in [0.3, 0.4) is 0 Å². The number of ether oxygens (including phenoxy) is 4. The van der Waals surface area contributed by atoms with Gasteiger partial charge in [0.1, 0.15) is 34.5 Å². The highest BCUT2D eigenvalue weighted by atomic mass is 19.3. The summed E-state index contributed by atoms with van der Waals surface area (Å²) in [6, 6.07) is 11.2. The molecule has 1 aliphatic heterocycles. The maximum absolute atomic E-state index is 15.0. The van der Waals surface area contributed by atoms with Gasteiger partial charge in [-0.2, -0.15) is 17.6 Å². The van der Waals surface area contributed by atoms with Gasteiger partial charge < -0.3 is 18.9 Å². The Kier molecular flexibility index (Phi) is 11.9. The number of unbranched alkanes of at least 4 members (excludes halogenated alkanes) is 2. The fraction of sp³-hybridized carbons (Fsp3) is 0.351. The number of halogens is 10. The van der Waals surface area contributed by atoms with E-state index in [1.165, 1.54) is 12.1 Å². The maximum Gasteiger partial charge on any atom is 0.432 e. The first-order valence-electron chi connectivity index (χ1n) is 16.1. The van der Waals surface area contributed by atoms with Gasteiger partial charge in [0.15, 0.2) is 23.7 Å². The van der Waals surface area contributed by atoms with Crippen molar-refractivity contribution in [2.24, 2.45) is 5.92 Å². The quantitative estimate of drug-likeness (QED) is 0.0735. The van der Waals surface area contributed by atoms with Crippen molar-refractivity contribution in [3.8, 4) is 22.6 Å². The maximum atomic E-state index is 15.0. The minimum Gasteiger partial charge on any atom is -0.432 e. The average Bonchev–Trinajstić information content (AvgIpc) is 3.06. The van der Waals surface area contributed by atoms with Crippen molar-refractivity contribution in [1.82, 2.24) is 0 Å². The molecular weight excluding hydrogens is 698 g/mol. The molecule has 4 aromatic rings. The third-order valence-electron chi connectivity index (χ3n) is 8.21. The number of alkyl halides is 4. The second-order valence-corrected chi connectivity index (χ2v) is 12.1. The van der Waals surface area contributed by atoms with Gasteiger partial charge in [-0.1, -0.05) is 62.6 Å². The van der Waals surface area contributed by atoms with Crippen LogP contribution in [0.25, 0.3) is 11.1 Å². The molecule has 0 spiro atoms. The Balaban J connectivity index is 1.18. The van der Waals surface area contributed by atoms with Crippen LogP contribution in [0.1, 0.15) is 62.0 Å². The molecule has 0 radical (unpaired) electrons. The second kappa shape index (κ2) is 15.9. The monoisotopic (exact) mass is 730 g/mol. The van der Waals surface area contributed by atoms with Crippen molar-refractivity contribution < 1.29 is 62.9 Å². The number of hydrogen-bond donors (Lipinski definition) is 0. The molecule has 5 rings (SSSR count). The summed E-state index contributed by atoms with van der Waals surface area (Å²) in [6.07, 6.45) is -6.85. The van der Waals surface area contributed by atoms with Gasteiger partial charge >= 0.3 is 12.2 Å². The van der Waals surface area contributed by atoms with Crippen LogP contribution in [0.4, 0.5) is 43.9 Å². The summed E-state index contributed by atoms with van der Waals surface area (Å²) in [6.45, 7) is 3.33. The zero-order chi connectivity index (χ0) is 36.9. The molecule has 274 valence electrons. The van der Waals surface area contributed by atoms with Crippen molar-refractivity contribution in [2.75, 3.05) is 13.2 Å². The number of aryl methyl sites for hydroxylation is 1. The molecule has 1 aliphatic rings. The van der Waals surface area contributed by atoms with Gasteiger partial charge in [-0.05, 0) is 35.6 Å². The Morgan fingerprint density at radius 1 is 0.667 bits per heavy atom. The molecule has 0 aliphatic carbocycles. The molecule has 1 fully saturated rings. The largest absolute Gasteiger partial charge is 0.432 e. The minimum absolute atomic E-state index is 0.0142. The van der Waals surface area contributed by atoms with Gasteiger partial charge in [0.05, 0.1) is 19.6 Å². The van der Waals surface area contributed by atoms with Gasteiger partial charge in [0.2, 0.25) is 0 Å². The average molecular weight is 731 g/mol. The second-order valence-electron chi connectivity index (χ2n) is 12.1. The molecule has 0 saturated carbocycles. The zero-order valence-electron chi connectivity index (χ0n) is 27.1. The van der Waals surface area contributed by atoms with Crippen LogP contribution in [-0.4, -0.2) is 19.3 Å². The topological polar surface area (TPSA) is 36.9 Å². The molecule has 0 aromatic heterocycles. The highest BCUT2D eigenvalue weighted by Crippen LogP contribution is 2.39. The van der Waals surface area contributed by atoms with Gasteiger partial charge in [-0.25, -0.2) is 26.3 Å². The molecular formula is C37H32F10O4. The van der Waals surface area contributed by atoms with Crippen LogP contribution in [0.2, 0.25) is 0 Å². The Morgan fingerprint density at radius 3 is 1.82 bits per heavy atom.